The molecule has 4 saturated heterocycles. The number of aromatic nitrogens is 4. The molecule has 3 amide bonds. The maximum absolute atomic E-state index is 14.6. The van der Waals surface area contributed by atoms with Gasteiger partial charge in [-0.05, 0) is 87.4 Å². The van der Waals surface area contributed by atoms with Crippen molar-refractivity contribution >= 4 is 38.9 Å². The molecule has 0 unspecified atom stereocenters. The number of rotatable bonds is 5. The van der Waals surface area contributed by atoms with Gasteiger partial charge in [-0.15, -0.1) is 16.4 Å². The molecule has 17 heteroatoms. The summed E-state index contributed by atoms with van der Waals surface area (Å²) in [6.07, 6.45) is 7.33. The summed E-state index contributed by atoms with van der Waals surface area (Å²) in [6.45, 7) is 5.91. The van der Waals surface area contributed by atoms with Crippen molar-refractivity contribution in [1.29, 1.82) is 0 Å². The Morgan fingerprint density at radius 1 is 0.847 bits per heavy atom. The lowest BCUT2D eigenvalue weighted by molar-refractivity contribution is -0.141. The van der Waals surface area contributed by atoms with Crippen LogP contribution in [0.15, 0.2) is 59.6 Å². The summed E-state index contributed by atoms with van der Waals surface area (Å²) in [6, 6.07) is 11.9. The molecule has 8 bridgehead atoms. The van der Waals surface area contributed by atoms with E-state index in [1.54, 1.807) is 47.7 Å². The number of piperidine rings is 2. The van der Waals surface area contributed by atoms with Gasteiger partial charge in [-0.2, -0.15) is 0 Å². The van der Waals surface area contributed by atoms with E-state index in [-0.39, 0.29) is 64.9 Å². The minimum absolute atomic E-state index is 0.0183. The summed E-state index contributed by atoms with van der Waals surface area (Å²) >= 11 is 1.64. The molecule has 0 aliphatic carbocycles. The van der Waals surface area contributed by atoms with Gasteiger partial charge in [-0.3, -0.25) is 24.2 Å². The molecule has 312 valence electrons. The third kappa shape index (κ3) is 8.30. The number of carbonyl (C=O) groups excluding carboxylic acids is 3. The normalized spacial score (nSPS) is 27.3. The molecule has 4 aromatic rings. The number of sulfone groups is 1. The molecule has 0 spiro atoms. The van der Waals surface area contributed by atoms with Crippen LogP contribution in [0.1, 0.15) is 71.6 Å². The van der Waals surface area contributed by atoms with E-state index in [4.69, 9.17) is 4.98 Å². The van der Waals surface area contributed by atoms with E-state index >= 15 is 0 Å². The number of carbonyl (C=O) groups is 3. The SMILES string of the molecule is Cc1sc2nc1CC(=O)N[C@H]1C[C@@H](C(=O)N3CCC(CC3)N3C[C@@H](n4cc(-c5ccc(F)cc5)nn4)C[C@H]3C(=O)N3CCC2CC3)N(Cc2ccc(S(C)(=O)=O)cc2)C1. The highest BCUT2D eigenvalue weighted by atomic mass is 32.2. The van der Waals surface area contributed by atoms with Crippen LogP contribution >= 0.6 is 11.3 Å². The number of nitrogens with zero attached hydrogens (tertiary/aromatic N) is 8. The zero-order chi connectivity index (χ0) is 41.0. The minimum Gasteiger partial charge on any atom is -0.352 e. The molecular weight excluding hydrogens is 794 g/mol. The second kappa shape index (κ2) is 16.1. The number of fused-ring (bicyclic) bond motifs is 2. The number of nitrogens with one attached hydrogen (secondary N) is 1. The molecule has 14 nitrogen and oxygen atoms in total. The predicted molar refractivity (Wildman–Crippen MR) is 219 cm³/mol. The van der Waals surface area contributed by atoms with Crippen molar-refractivity contribution in [3.8, 4) is 11.3 Å². The average molecular weight is 844 g/mol. The van der Waals surface area contributed by atoms with Crippen molar-refractivity contribution in [3.63, 3.8) is 0 Å². The van der Waals surface area contributed by atoms with Gasteiger partial charge in [-0.25, -0.2) is 22.5 Å². The van der Waals surface area contributed by atoms with Crippen LogP contribution in [0.4, 0.5) is 4.39 Å². The molecule has 7 aliphatic heterocycles. The fraction of sp³-hybridized carbons (Fsp3) is 0.524. The Morgan fingerprint density at radius 2 is 1.53 bits per heavy atom. The van der Waals surface area contributed by atoms with Crippen molar-refractivity contribution < 1.29 is 27.2 Å². The number of likely N-dealkylation sites (tertiary alicyclic amines) is 1. The average Bonchev–Trinajstić information content (AvgIpc) is 4.04. The fourth-order valence-electron chi connectivity index (χ4n) is 9.81. The maximum Gasteiger partial charge on any atom is 0.240 e. The number of amides is 3. The number of halogens is 1. The minimum atomic E-state index is -3.35. The standard InChI is InChI=1S/C42H50FN9O5S2/c1-26-35-21-39(53)44-31-19-37(50(23-31)22-27-3-9-34(10-4-27)59(2,56)57)41(54)49-17-13-32(14-18-49)51-24-33(52-25-36(46-47-52)28-5-7-30(43)8-6-28)20-38(51)42(55)48-15-11-29(12-16-48)40(45-35)58-26/h3-10,25,29,31-33,37-38H,11-24H2,1-2H3,(H,44,53)/t31-,33-,37-,38-/m0/s1. The lowest BCUT2D eigenvalue weighted by Gasteiger charge is -2.41. The number of aryl methyl sites for hydroxylation is 1. The van der Waals surface area contributed by atoms with Crippen molar-refractivity contribution in [1.82, 2.24) is 44.9 Å². The van der Waals surface area contributed by atoms with Gasteiger partial charge < -0.3 is 15.1 Å². The monoisotopic (exact) mass is 843 g/mol. The van der Waals surface area contributed by atoms with Crippen LogP contribution in [-0.4, -0.2) is 135 Å². The molecule has 2 aromatic carbocycles. The fourth-order valence-corrected chi connectivity index (χ4v) is 11.5. The van der Waals surface area contributed by atoms with E-state index in [1.165, 1.54) is 18.4 Å². The van der Waals surface area contributed by atoms with E-state index in [9.17, 15) is 27.2 Å². The van der Waals surface area contributed by atoms with E-state index in [0.717, 1.165) is 39.5 Å². The molecular formula is C42H50FN9O5S2. The summed E-state index contributed by atoms with van der Waals surface area (Å²) in [7, 11) is -3.35. The lowest BCUT2D eigenvalue weighted by Crippen LogP contribution is -2.55. The molecule has 4 atom stereocenters. The van der Waals surface area contributed by atoms with Crippen LogP contribution < -0.4 is 5.32 Å². The lowest BCUT2D eigenvalue weighted by atomic mass is 9.96. The Morgan fingerprint density at radius 3 is 2.22 bits per heavy atom. The quantitative estimate of drug-likeness (QED) is 0.316. The Hall–Kier alpha value is -4.58. The Kier molecular flexibility index (Phi) is 10.9. The molecule has 0 saturated carbocycles. The Balaban J connectivity index is 0.984. The first kappa shape index (κ1) is 39.9. The molecule has 0 radical (unpaired) electrons. The van der Waals surface area contributed by atoms with Crippen LogP contribution in [0.3, 0.4) is 0 Å². The molecule has 9 heterocycles. The first-order valence-corrected chi connectivity index (χ1v) is 23.4. The molecule has 1 N–H and O–H groups in total. The number of thiazole rings is 1. The van der Waals surface area contributed by atoms with Gasteiger partial charge in [0.1, 0.15) is 11.5 Å². The Bertz CT molecular complexity index is 2320. The van der Waals surface area contributed by atoms with Gasteiger partial charge in [0.2, 0.25) is 17.7 Å². The topological polar surface area (TPSA) is 154 Å². The van der Waals surface area contributed by atoms with Gasteiger partial charge in [-0.1, -0.05) is 17.3 Å². The number of hydrogen-bond donors (Lipinski definition) is 1. The summed E-state index contributed by atoms with van der Waals surface area (Å²) < 4.78 is 39.8. The second-order valence-electron chi connectivity index (χ2n) is 16.9. The van der Waals surface area contributed by atoms with E-state index in [2.05, 4.69) is 25.4 Å². The highest BCUT2D eigenvalue weighted by Gasteiger charge is 2.46. The molecule has 4 fully saturated rings. The third-order valence-corrected chi connectivity index (χ3v) is 15.4. The van der Waals surface area contributed by atoms with Crippen molar-refractivity contribution in [3.05, 3.63) is 81.7 Å². The molecule has 11 rings (SSSR count). The molecule has 7 aliphatic rings. The zero-order valence-electron chi connectivity index (χ0n) is 33.4. The van der Waals surface area contributed by atoms with Crippen LogP contribution in [0, 0.1) is 12.7 Å². The first-order chi connectivity index (χ1) is 28.4. The van der Waals surface area contributed by atoms with Crippen LogP contribution in [0.2, 0.25) is 0 Å². The predicted octanol–water partition coefficient (Wildman–Crippen LogP) is 3.58. The summed E-state index contributed by atoms with van der Waals surface area (Å²) in [5.41, 5.74) is 3.07. The first-order valence-electron chi connectivity index (χ1n) is 20.7. The van der Waals surface area contributed by atoms with Gasteiger partial charge in [0, 0.05) is 80.5 Å². The van der Waals surface area contributed by atoms with Crippen LogP contribution in [0.5, 0.6) is 0 Å². The number of benzene rings is 2. The smallest absolute Gasteiger partial charge is 0.240 e. The third-order valence-electron chi connectivity index (χ3n) is 13.1. The summed E-state index contributed by atoms with van der Waals surface area (Å²) in [5, 5.41) is 13.1. The largest absolute Gasteiger partial charge is 0.352 e. The van der Waals surface area contributed by atoms with E-state index in [0.29, 0.717) is 77.2 Å². The van der Waals surface area contributed by atoms with Crippen molar-refractivity contribution in [2.45, 2.75) is 99.4 Å². The van der Waals surface area contributed by atoms with E-state index < -0.39 is 15.9 Å². The molecule has 59 heavy (non-hydrogen) atoms. The van der Waals surface area contributed by atoms with Gasteiger partial charge in [0.25, 0.3) is 0 Å². The van der Waals surface area contributed by atoms with Crippen LogP contribution in [-0.2, 0) is 37.2 Å². The Labute approximate surface area is 347 Å². The summed E-state index contributed by atoms with van der Waals surface area (Å²) in [4.78, 5) is 57.2. The maximum atomic E-state index is 14.6. The van der Waals surface area contributed by atoms with Crippen molar-refractivity contribution in [2.75, 3.05) is 45.5 Å². The van der Waals surface area contributed by atoms with Gasteiger partial charge in [0.15, 0.2) is 9.84 Å². The van der Waals surface area contributed by atoms with Crippen LogP contribution in [0.25, 0.3) is 11.3 Å². The van der Waals surface area contributed by atoms with E-state index in [1.807, 2.05) is 27.6 Å². The van der Waals surface area contributed by atoms with Crippen molar-refractivity contribution in [2.24, 2.45) is 0 Å². The summed E-state index contributed by atoms with van der Waals surface area (Å²) in [5.74, 6) is -0.0800. The highest BCUT2D eigenvalue weighted by molar-refractivity contribution is 7.90. The van der Waals surface area contributed by atoms with Gasteiger partial charge in [0.05, 0.1) is 46.3 Å². The zero-order valence-corrected chi connectivity index (χ0v) is 35.0. The van der Waals surface area contributed by atoms with Gasteiger partial charge >= 0.3 is 0 Å². The molecule has 2 aromatic heterocycles. The second-order valence-corrected chi connectivity index (χ2v) is 20.2. The highest BCUT2D eigenvalue weighted by Crippen LogP contribution is 2.37. The number of hydrogen-bond acceptors (Lipinski definition) is 11.